The molecule has 1 aromatic carbocycles. The van der Waals surface area contributed by atoms with Crippen LogP contribution in [0.2, 0.25) is 5.02 Å². The van der Waals surface area contributed by atoms with Crippen LogP contribution in [0.15, 0.2) is 41.0 Å². The van der Waals surface area contributed by atoms with Crippen LogP contribution in [-0.2, 0) is 33.8 Å². The van der Waals surface area contributed by atoms with Crippen molar-refractivity contribution < 1.29 is 24.5 Å². The fourth-order valence-corrected chi connectivity index (χ4v) is 6.84. The van der Waals surface area contributed by atoms with Crippen molar-refractivity contribution in [3.05, 3.63) is 62.8 Å². The van der Waals surface area contributed by atoms with Crippen LogP contribution >= 0.6 is 23.2 Å². The van der Waals surface area contributed by atoms with Gasteiger partial charge < -0.3 is 25.6 Å². The molecule has 1 saturated heterocycles. The molecule has 1 unspecified atom stereocenters. The van der Waals surface area contributed by atoms with E-state index in [0.717, 1.165) is 67.4 Å². The Morgan fingerprint density at radius 3 is 2.69 bits per heavy atom. The number of halogens is 2. The van der Waals surface area contributed by atoms with Gasteiger partial charge in [-0.2, -0.15) is 5.10 Å². The number of aromatic nitrogens is 2. The molecular weight excluding hydrogens is 655 g/mol. The number of carbonyl (C=O) groups is 2. The zero-order chi connectivity index (χ0) is 34.2. The van der Waals surface area contributed by atoms with Gasteiger partial charge in [0.1, 0.15) is 0 Å². The van der Waals surface area contributed by atoms with Gasteiger partial charge in [0.2, 0.25) is 0 Å². The summed E-state index contributed by atoms with van der Waals surface area (Å²) in [6.07, 6.45) is 6.11. The minimum atomic E-state index is -0.971. The Bertz CT molecular complexity index is 1610. The van der Waals surface area contributed by atoms with E-state index in [1.807, 2.05) is 39.9 Å². The molecule has 0 saturated carbocycles. The molecule has 5 rings (SSSR count). The van der Waals surface area contributed by atoms with E-state index in [9.17, 15) is 19.8 Å². The Balaban J connectivity index is 1.40. The number of aliphatic hydroxyl groups is 2. The summed E-state index contributed by atoms with van der Waals surface area (Å²) in [5.41, 5.74) is 10.4. The molecule has 258 valence electrons. The summed E-state index contributed by atoms with van der Waals surface area (Å²) in [5, 5.41) is 25.0. The lowest BCUT2D eigenvalue weighted by atomic mass is 9.95. The van der Waals surface area contributed by atoms with E-state index in [1.54, 1.807) is 0 Å². The lowest BCUT2D eigenvalue weighted by Gasteiger charge is -2.33. The quantitative estimate of drug-likeness (QED) is 0.241. The average molecular weight is 700 g/mol. The number of morpholine rings is 1. The van der Waals surface area contributed by atoms with Crippen molar-refractivity contribution in [2.75, 3.05) is 65.7 Å². The highest BCUT2D eigenvalue weighted by atomic mass is 35.5. The Kier molecular flexibility index (Phi) is 12.7. The molecule has 3 aliphatic rings. The second-order valence-corrected chi connectivity index (χ2v) is 13.2. The number of hydrogen-bond acceptors (Lipinski definition) is 8. The number of hydrogen-bond donors (Lipinski definition) is 3. The number of aliphatic hydroxyl groups excluding tert-OH is 2. The minimum Gasteiger partial charge on any atom is -0.395 e. The number of fused-ring (bicyclic) bond motifs is 1. The molecule has 1 fully saturated rings. The van der Waals surface area contributed by atoms with Gasteiger partial charge >= 0.3 is 11.8 Å². The molecule has 2 amide bonds. The SMILES string of the molecule is C[C@H]1COCCN1CCCn1nc(-c2ccc(Cl)c(C#CC3C=C(CN(CCO)CCO)C(Cl)=CC3)c2)c2c1CCN(C(=O)C(N)=O)C2. The Morgan fingerprint density at radius 2 is 1.96 bits per heavy atom. The van der Waals surface area contributed by atoms with Crippen LogP contribution in [0.4, 0.5) is 0 Å². The van der Waals surface area contributed by atoms with Crippen molar-refractivity contribution in [2.45, 2.75) is 45.3 Å². The van der Waals surface area contributed by atoms with Crippen LogP contribution < -0.4 is 5.73 Å². The number of amides is 2. The Hall–Kier alpha value is -3.21. The van der Waals surface area contributed by atoms with E-state index in [-0.39, 0.29) is 25.7 Å². The largest absolute Gasteiger partial charge is 0.395 e. The maximum atomic E-state index is 12.6. The van der Waals surface area contributed by atoms with E-state index in [2.05, 4.69) is 23.7 Å². The average Bonchev–Trinajstić information content (AvgIpc) is 3.44. The van der Waals surface area contributed by atoms with Crippen LogP contribution in [0.3, 0.4) is 0 Å². The lowest BCUT2D eigenvalue weighted by molar-refractivity contribution is -0.144. The summed E-state index contributed by atoms with van der Waals surface area (Å²) in [4.78, 5) is 30.2. The summed E-state index contributed by atoms with van der Waals surface area (Å²) in [6.45, 7) is 8.20. The van der Waals surface area contributed by atoms with Gasteiger partial charge in [0.15, 0.2) is 0 Å². The molecule has 1 aliphatic carbocycles. The molecular formula is C35H44Cl2N6O5. The lowest BCUT2D eigenvalue weighted by Crippen LogP contribution is -2.44. The van der Waals surface area contributed by atoms with Gasteiger partial charge in [0.25, 0.3) is 0 Å². The summed E-state index contributed by atoms with van der Waals surface area (Å²) in [5.74, 6) is 4.83. The number of nitrogens with zero attached hydrogens (tertiary/aromatic N) is 5. The zero-order valence-electron chi connectivity index (χ0n) is 27.3. The molecule has 11 nitrogen and oxygen atoms in total. The highest BCUT2D eigenvalue weighted by Crippen LogP contribution is 2.33. The Morgan fingerprint density at radius 1 is 1.17 bits per heavy atom. The number of primary amides is 1. The second kappa shape index (κ2) is 16.9. The van der Waals surface area contributed by atoms with Gasteiger partial charge in [0.05, 0.1) is 43.7 Å². The fraction of sp³-hybridized carbons (Fsp3) is 0.514. The van der Waals surface area contributed by atoms with Crippen LogP contribution in [-0.4, -0.2) is 118 Å². The number of carbonyl (C=O) groups excluding carboxylic acids is 2. The van der Waals surface area contributed by atoms with E-state index in [0.29, 0.717) is 60.7 Å². The summed E-state index contributed by atoms with van der Waals surface area (Å²) < 4.78 is 7.63. The zero-order valence-corrected chi connectivity index (χ0v) is 28.8. The smallest absolute Gasteiger partial charge is 0.311 e. The first-order valence-electron chi connectivity index (χ1n) is 16.5. The molecule has 2 aromatic rings. The molecule has 0 bridgehead atoms. The predicted octanol–water partition coefficient (Wildman–Crippen LogP) is 2.39. The predicted molar refractivity (Wildman–Crippen MR) is 185 cm³/mol. The summed E-state index contributed by atoms with van der Waals surface area (Å²) in [7, 11) is 0. The number of aryl methyl sites for hydroxylation is 1. The third kappa shape index (κ3) is 8.87. The number of allylic oxidation sites excluding steroid dienone is 2. The van der Waals surface area contributed by atoms with Gasteiger partial charge in [-0.3, -0.25) is 24.1 Å². The van der Waals surface area contributed by atoms with Crippen molar-refractivity contribution in [1.29, 1.82) is 0 Å². The highest BCUT2D eigenvalue weighted by molar-refractivity contribution is 6.34. The van der Waals surface area contributed by atoms with Crippen molar-refractivity contribution in [3.8, 4) is 23.1 Å². The molecule has 0 radical (unpaired) electrons. The van der Waals surface area contributed by atoms with Gasteiger partial charge in [0, 0.05) is 91.6 Å². The molecule has 13 heteroatoms. The second-order valence-electron chi connectivity index (χ2n) is 12.4. The van der Waals surface area contributed by atoms with Crippen molar-refractivity contribution >= 4 is 35.0 Å². The maximum Gasteiger partial charge on any atom is 0.311 e. The Labute approximate surface area is 291 Å². The van der Waals surface area contributed by atoms with Gasteiger partial charge in [-0.25, -0.2) is 0 Å². The molecule has 3 heterocycles. The standard InChI is InChI=1S/C35H44Cl2N6O5/c1-24-23-48-18-15-41(24)10-2-11-43-32-9-12-42(35(47)34(38)46)22-29(32)33(39-43)27-6-8-30(36)26(20-27)5-3-25-4-7-31(37)28(19-25)21-40(13-16-44)14-17-45/h6-8,19-20,24-25,44-45H,2,4,9-18,21-23H2,1H3,(H2,38,46)/t24-,25?/m0/s1. The summed E-state index contributed by atoms with van der Waals surface area (Å²) >= 11 is 13.2. The van der Waals surface area contributed by atoms with E-state index < -0.39 is 11.8 Å². The number of ether oxygens (including phenoxy) is 1. The first-order valence-corrected chi connectivity index (χ1v) is 17.2. The summed E-state index contributed by atoms with van der Waals surface area (Å²) in [6, 6.07) is 6.01. The maximum absolute atomic E-state index is 12.6. The topological polar surface area (TPSA) is 137 Å². The van der Waals surface area contributed by atoms with Gasteiger partial charge in [-0.1, -0.05) is 53.3 Å². The third-order valence-electron chi connectivity index (χ3n) is 9.07. The van der Waals surface area contributed by atoms with E-state index >= 15 is 0 Å². The first-order chi connectivity index (χ1) is 23.2. The minimum absolute atomic E-state index is 0.0126. The van der Waals surface area contributed by atoms with Crippen molar-refractivity contribution in [3.63, 3.8) is 0 Å². The number of rotatable bonds is 11. The highest BCUT2D eigenvalue weighted by Gasteiger charge is 2.30. The van der Waals surface area contributed by atoms with Crippen LogP contribution in [0.1, 0.15) is 36.6 Å². The number of benzene rings is 1. The first kappa shape index (κ1) is 36.1. The molecule has 1 aromatic heterocycles. The fourth-order valence-electron chi connectivity index (χ4n) is 6.47. The molecule has 4 N–H and O–H groups in total. The van der Waals surface area contributed by atoms with Crippen LogP contribution in [0, 0.1) is 17.8 Å². The number of nitrogens with two attached hydrogens (primary N) is 1. The normalized spacial score (nSPS) is 19.8. The van der Waals surface area contributed by atoms with E-state index in [4.69, 9.17) is 38.8 Å². The van der Waals surface area contributed by atoms with Crippen LogP contribution in [0.25, 0.3) is 11.3 Å². The van der Waals surface area contributed by atoms with E-state index in [1.165, 1.54) is 4.90 Å². The molecule has 0 spiro atoms. The van der Waals surface area contributed by atoms with Gasteiger partial charge in [-0.05, 0) is 37.5 Å². The third-order valence-corrected chi connectivity index (χ3v) is 9.80. The molecule has 2 atom stereocenters. The van der Waals surface area contributed by atoms with Crippen molar-refractivity contribution in [1.82, 2.24) is 24.5 Å². The monoisotopic (exact) mass is 698 g/mol. The van der Waals surface area contributed by atoms with Crippen molar-refractivity contribution in [2.24, 2.45) is 11.7 Å². The van der Waals surface area contributed by atoms with Gasteiger partial charge in [-0.15, -0.1) is 0 Å². The molecule has 2 aliphatic heterocycles. The molecule has 48 heavy (non-hydrogen) atoms. The van der Waals surface area contributed by atoms with Crippen LogP contribution in [0.5, 0.6) is 0 Å².